The van der Waals surface area contributed by atoms with Gasteiger partial charge < -0.3 is 16.2 Å². The van der Waals surface area contributed by atoms with Crippen LogP contribution in [0.3, 0.4) is 0 Å². The molecule has 0 saturated heterocycles. The topological polar surface area (TPSA) is 88.2 Å². The van der Waals surface area contributed by atoms with E-state index in [-0.39, 0.29) is 11.6 Å². The summed E-state index contributed by atoms with van der Waals surface area (Å²) in [6.45, 7) is 0. The van der Waals surface area contributed by atoms with Crippen molar-refractivity contribution < 1.29 is 18.7 Å². The molecule has 1 aliphatic carbocycles. The van der Waals surface area contributed by atoms with Gasteiger partial charge in [-0.1, -0.05) is 18.2 Å². The number of carbonyl (C=O) groups is 1. The molecule has 0 radical (unpaired) electrons. The summed E-state index contributed by atoms with van der Waals surface area (Å²) >= 11 is 0. The number of fused-ring (bicyclic) bond motifs is 1. The lowest BCUT2D eigenvalue weighted by atomic mass is 9.85. The number of halogens is 2. The molecular weight excluding hydrogens is 316 g/mol. The number of benzene rings is 1. The molecule has 5 nitrogen and oxygen atoms in total. The molecule has 0 saturated carbocycles. The Balaban J connectivity index is 2.14. The maximum Gasteiger partial charge on any atom is 0.405 e. The van der Waals surface area contributed by atoms with Crippen LogP contribution >= 0.6 is 0 Å². The molecule has 3 rings (SSSR count). The van der Waals surface area contributed by atoms with Gasteiger partial charge in [-0.15, -0.1) is 0 Å². The Labute approximate surface area is 137 Å². The van der Waals surface area contributed by atoms with E-state index >= 15 is 0 Å². The SMILES string of the molecule is N[C@@H]1CC[C@@H](c2cccc(F)c2F)[C@H](NC(=O)O)c2cccnc21. The number of rotatable bonds is 2. The fourth-order valence-corrected chi connectivity index (χ4v) is 3.34. The fraction of sp³-hybridized carbons (Fsp3) is 0.294. The van der Waals surface area contributed by atoms with Crippen LogP contribution in [0.25, 0.3) is 0 Å². The first-order valence-electron chi connectivity index (χ1n) is 7.62. The fourth-order valence-electron chi connectivity index (χ4n) is 3.34. The number of nitrogens with zero attached hydrogens (tertiary/aromatic N) is 1. The molecule has 1 heterocycles. The van der Waals surface area contributed by atoms with Crippen molar-refractivity contribution >= 4 is 6.09 Å². The largest absolute Gasteiger partial charge is 0.465 e. The van der Waals surface area contributed by atoms with Crippen molar-refractivity contribution in [2.24, 2.45) is 5.73 Å². The van der Waals surface area contributed by atoms with Gasteiger partial charge in [-0.3, -0.25) is 4.98 Å². The van der Waals surface area contributed by atoms with E-state index in [4.69, 9.17) is 5.73 Å². The van der Waals surface area contributed by atoms with Crippen LogP contribution in [0.2, 0.25) is 0 Å². The van der Waals surface area contributed by atoms with Crippen LogP contribution in [-0.4, -0.2) is 16.2 Å². The number of hydrogen-bond donors (Lipinski definition) is 3. The van der Waals surface area contributed by atoms with Crippen molar-refractivity contribution in [2.45, 2.75) is 30.8 Å². The van der Waals surface area contributed by atoms with E-state index in [0.29, 0.717) is 24.1 Å². The minimum atomic E-state index is -1.24. The van der Waals surface area contributed by atoms with E-state index in [2.05, 4.69) is 10.3 Å². The Morgan fingerprint density at radius 1 is 1.21 bits per heavy atom. The quantitative estimate of drug-likeness (QED) is 0.736. The second-order valence-electron chi connectivity index (χ2n) is 5.84. The van der Waals surface area contributed by atoms with E-state index in [9.17, 15) is 18.7 Å². The highest BCUT2D eigenvalue weighted by molar-refractivity contribution is 5.65. The van der Waals surface area contributed by atoms with E-state index in [1.807, 2.05) is 0 Å². The van der Waals surface area contributed by atoms with Crippen LogP contribution in [0.4, 0.5) is 13.6 Å². The van der Waals surface area contributed by atoms with Gasteiger partial charge in [-0.05, 0) is 36.1 Å². The van der Waals surface area contributed by atoms with E-state index in [0.717, 1.165) is 6.07 Å². The molecule has 0 spiro atoms. The Kier molecular flexibility index (Phi) is 4.44. The van der Waals surface area contributed by atoms with Crippen molar-refractivity contribution in [2.75, 3.05) is 0 Å². The summed E-state index contributed by atoms with van der Waals surface area (Å²) in [5.74, 6) is -2.49. The van der Waals surface area contributed by atoms with Crippen LogP contribution in [0.15, 0.2) is 36.5 Å². The highest BCUT2D eigenvalue weighted by Crippen LogP contribution is 2.42. The van der Waals surface area contributed by atoms with Crippen LogP contribution in [0.5, 0.6) is 0 Å². The zero-order valence-corrected chi connectivity index (χ0v) is 12.7. The van der Waals surface area contributed by atoms with Crippen molar-refractivity contribution in [1.82, 2.24) is 10.3 Å². The first-order chi connectivity index (χ1) is 11.5. The Morgan fingerprint density at radius 3 is 2.71 bits per heavy atom. The smallest absolute Gasteiger partial charge is 0.405 e. The average molecular weight is 333 g/mol. The average Bonchev–Trinajstić information content (AvgIpc) is 2.69. The number of nitrogens with two attached hydrogens (primary N) is 1. The maximum absolute atomic E-state index is 14.3. The molecule has 0 bridgehead atoms. The summed E-state index contributed by atoms with van der Waals surface area (Å²) in [4.78, 5) is 15.5. The summed E-state index contributed by atoms with van der Waals surface area (Å²) in [5.41, 5.74) is 7.45. The van der Waals surface area contributed by atoms with Crippen molar-refractivity contribution in [3.05, 3.63) is 65.0 Å². The molecule has 126 valence electrons. The minimum absolute atomic E-state index is 0.137. The van der Waals surface area contributed by atoms with Crippen LogP contribution in [0, 0.1) is 11.6 Å². The normalized spacial score (nSPS) is 23.2. The third-order valence-electron chi connectivity index (χ3n) is 4.41. The Hall–Kier alpha value is -2.54. The molecule has 0 unspecified atom stereocenters. The standard InChI is InChI=1S/C17H17F2N3O2/c18-12-5-1-3-9(14(12)19)10-6-7-13(20)16-11(4-2-8-21-16)15(10)22-17(23)24/h1-5,8,10,13,15,22H,6-7,20H2,(H,23,24)/t10-,13+,15-/m0/s1. The molecule has 24 heavy (non-hydrogen) atoms. The molecule has 1 aromatic heterocycles. The number of pyridine rings is 1. The van der Waals surface area contributed by atoms with Gasteiger partial charge >= 0.3 is 6.09 Å². The highest BCUT2D eigenvalue weighted by Gasteiger charge is 2.35. The Bertz CT molecular complexity index is 769. The van der Waals surface area contributed by atoms with Gasteiger partial charge in [0.15, 0.2) is 11.6 Å². The highest BCUT2D eigenvalue weighted by atomic mass is 19.2. The second-order valence-corrected chi connectivity index (χ2v) is 5.84. The number of hydrogen-bond acceptors (Lipinski definition) is 3. The lowest BCUT2D eigenvalue weighted by Gasteiger charge is -2.27. The van der Waals surface area contributed by atoms with Gasteiger partial charge in [0, 0.05) is 18.2 Å². The second kappa shape index (κ2) is 6.52. The summed E-state index contributed by atoms with van der Waals surface area (Å²) < 4.78 is 28.0. The summed E-state index contributed by atoms with van der Waals surface area (Å²) in [7, 11) is 0. The summed E-state index contributed by atoms with van der Waals surface area (Å²) in [6, 6.07) is 6.19. The molecular formula is C17H17F2N3O2. The van der Waals surface area contributed by atoms with Gasteiger partial charge in [-0.2, -0.15) is 0 Å². The van der Waals surface area contributed by atoms with Crippen LogP contribution in [-0.2, 0) is 0 Å². The van der Waals surface area contributed by atoms with E-state index in [1.54, 1.807) is 18.3 Å². The molecule has 7 heteroatoms. The third-order valence-corrected chi connectivity index (χ3v) is 4.41. The van der Waals surface area contributed by atoms with Gasteiger partial charge in [-0.25, -0.2) is 13.6 Å². The van der Waals surface area contributed by atoms with Gasteiger partial charge in [0.1, 0.15) is 0 Å². The molecule has 1 amide bonds. The first-order valence-corrected chi connectivity index (χ1v) is 7.62. The zero-order chi connectivity index (χ0) is 17.3. The van der Waals surface area contributed by atoms with Crippen molar-refractivity contribution in [3.63, 3.8) is 0 Å². The predicted molar refractivity (Wildman–Crippen MR) is 83.4 cm³/mol. The van der Waals surface area contributed by atoms with E-state index in [1.165, 1.54) is 12.1 Å². The molecule has 0 aliphatic heterocycles. The van der Waals surface area contributed by atoms with Crippen LogP contribution in [0.1, 0.15) is 47.7 Å². The Morgan fingerprint density at radius 2 is 1.96 bits per heavy atom. The zero-order valence-electron chi connectivity index (χ0n) is 12.7. The lowest BCUT2D eigenvalue weighted by Crippen LogP contribution is -2.32. The lowest BCUT2D eigenvalue weighted by molar-refractivity contribution is 0.187. The van der Waals surface area contributed by atoms with E-state index < -0.39 is 29.7 Å². The molecule has 4 N–H and O–H groups in total. The van der Waals surface area contributed by atoms with Gasteiger partial charge in [0.05, 0.1) is 11.7 Å². The monoisotopic (exact) mass is 333 g/mol. The van der Waals surface area contributed by atoms with Gasteiger partial charge in [0.25, 0.3) is 0 Å². The van der Waals surface area contributed by atoms with Crippen LogP contribution < -0.4 is 11.1 Å². The first kappa shape index (κ1) is 16.3. The number of aromatic nitrogens is 1. The molecule has 2 aromatic rings. The summed E-state index contributed by atoms with van der Waals surface area (Å²) in [6.07, 6.45) is 1.23. The predicted octanol–water partition coefficient (Wildman–Crippen LogP) is 3.25. The van der Waals surface area contributed by atoms with Gasteiger partial charge in [0.2, 0.25) is 0 Å². The summed E-state index contributed by atoms with van der Waals surface area (Å²) in [5, 5.41) is 11.6. The molecule has 3 atom stereocenters. The molecule has 0 fully saturated rings. The molecule has 1 aliphatic rings. The number of amides is 1. The van der Waals surface area contributed by atoms with Crippen molar-refractivity contribution in [3.8, 4) is 0 Å². The maximum atomic E-state index is 14.3. The van der Waals surface area contributed by atoms with Crippen molar-refractivity contribution in [1.29, 1.82) is 0 Å². The minimum Gasteiger partial charge on any atom is -0.465 e. The number of nitrogens with one attached hydrogen (secondary N) is 1. The number of carboxylic acid groups (broad SMARTS) is 1. The third kappa shape index (κ3) is 2.94. The molecule has 1 aromatic carbocycles.